The van der Waals surface area contributed by atoms with E-state index in [1.807, 2.05) is 12.1 Å². The summed E-state index contributed by atoms with van der Waals surface area (Å²) in [7, 11) is 0. The molecule has 0 radical (unpaired) electrons. The van der Waals surface area contributed by atoms with E-state index in [1.54, 1.807) is 19.1 Å². The van der Waals surface area contributed by atoms with E-state index >= 15 is 0 Å². The molecule has 0 unspecified atom stereocenters. The molecule has 1 saturated heterocycles. The molecule has 27 heavy (non-hydrogen) atoms. The van der Waals surface area contributed by atoms with Crippen molar-refractivity contribution in [3.05, 3.63) is 34.3 Å². The predicted molar refractivity (Wildman–Crippen MR) is 106 cm³/mol. The molecule has 7 heteroatoms. The first kappa shape index (κ1) is 19.9. The van der Waals surface area contributed by atoms with Crippen LogP contribution in [0, 0.1) is 11.8 Å². The Morgan fingerprint density at radius 1 is 1.33 bits per heavy atom. The summed E-state index contributed by atoms with van der Waals surface area (Å²) >= 11 is 3.39. The van der Waals surface area contributed by atoms with Gasteiger partial charge in [-0.25, -0.2) is 4.79 Å². The van der Waals surface area contributed by atoms with E-state index in [0.717, 1.165) is 22.2 Å². The summed E-state index contributed by atoms with van der Waals surface area (Å²) < 4.78 is 0.819. The zero-order valence-electron chi connectivity index (χ0n) is 15.9. The Hall–Kier alpha value is -1.89. The number of imide groups is 1. The number of rotatable bonds is 4. The molecule has 0 bridgehead atoms. The first-order chi connectivity index (χ1) is 12.7. The molecule has 1 aromatic rings. The third kappa shape index (κ3) is 3.88. The molecule has 4 amide bonds. The van der Waals surface area contributed by atoms with E-state index in [9.17, 15) is 14.4 Å². The summed E-state index contributed by atoms with van der Waals surface area (Å²) in [5.41, 5.74) is -0.499. The molecule has 4 atom stereocenters. The fraction of sp³-hybridized carbons (Fsp3) is 0.550. The van der Waals surface area contributed by atoms with E-state index in [-0.39, 0.29) is 18.5 Å². The van der Waals surface area contributed by atoms with Gasteiger partial charge in [-0.15, -0.1) is 0 Å². The lowest BCUT2D eigenvalue weighted by atomic mass is 9.78. The maximum absolute atomic E-state index is 12.9. The van der Waals surface area contributed by atoms with Crippen molar-refractivity contribution in [3.8, 4) is 0 Å². The number of hydrogen-bond acceptors (Lipinski definition) is 3. The fourth-order valence-electron chi connectivity index (χ4n) is 4.02. The maximum Gasteiger partial charge on any atom is 0.325 e. The number of hydrogen-bond donors (Lipinski definition) is 2. The average molecular weight is 436 g/mol. The molecule has 146 valence electrons. The van der Waals surface area contributed by atoms with Crippen molar-refractivity contribution in [2.75, 3.05) is 6.54 Å². The molecule has 2 aliphatic rings. The van der Waals surface area contributed by atoms with Gasteiger partial charge in [-0.1, -0.05) is 54.8 Å². The number of benzene rings is 1. The van der Waals surface area contributed by atoms with Crippen LogP contribution >= 0.6 is 15.9 Å². The van der Waals surface area contributed by atoms with Crippen molar-refractivity contribution in [1.82, 2.24) is 15.5 Å². The molecule has 6 nitrogen and oxygen atoms in total. The van der Waals surface area contributed by atoms with E-state index in [1.165, 1.54) is 6.42 Å². The molecule has 0 aromatic heterocycles. The highest BCUT2D eigenvalue weighted by Crippen LogP contribution is 2.31. The molecular weight excluding hydrogens is 410 g/mol. The van der Waals surface area contributed by atoms with Gasteiger partial charge < -0.3 is 10.6 Å². The molecule has 1 aliphatic carbocycles. The van der Waals surface area contributed by atoms with Crippen LogP contribution in [0.2, 0.25) is 0 Å². The monoisotopic (exact) mass is 435 g/mol. The molecule has 2 fully saturated rings. The van der Waals surface area contributed by atoms with Crippen molar-refractivity contribution in [2.24, 2.45) is 11.8 Å². The smallest absolute Gasteiger partial charge is 0.325 e. The van der Waals surface area contributed by atoms with Crippen LogP contribution in [-0.2, 0) is 15.1 Å². The number of halogens is 1. The second-order valence-corrected chi connectivity index (χ2v) is 8.81. The molecular formula is C20H26BrN3O3. The Morgan fingerprint density at radius 2 is 2.07 bits per heavy atom. The number of nitrogens with zero attached hydrogens (tertiary/aromatic N) is 1. The minimum Gasteiger partial charge on any atom is -0.352 e. The third-order valence-electron chi connectivity index (χ3n) is 6.03. The highest BCUT2D eigenvalue weighted by Gasteiger charge is 2.49. The van der Waals surface area contributed by atoms with Crippen LogP contribution < -0.4 is 10.6 Å². The Balaban J connectivity index is 1.69. The van der Waals surface area contributed by atoms with Crippen LogP contribution in [0.5, 0.6) is 0 Å². The second-order valence-electron chi connectivity index (χ2n) is 7.90. The van der Waals surface area contributed by atoms with Crippen LogP contribution in [0.4, 0.5) is 4.79 Å². The topological polar surface area (TPSA) is 78.5 Å². The van der Waals surface area contributed by atoms with Gasteiger partial charge in [-0.05, 0) is 42.9 Å². The van der Waals surface area contributed by atoms with Gasteiger partial charge in [0.1, 0.15) is 12.1 Å². The van der Waals surface area contributed by atoms with Gasteiger partial charge >= 0.3 is 6.03 Å². The highest BCUT2D eigenvalue weighted by atomic mass is 79.9. The number of urea groups is 1. The average Bonchev–Trinajstić information content (AvgIpc) is 2.83. The van der Waals surface area contributed by atoms with Gasteiger partial charge in [-0.2, -0.15) is 0 Å². The van der Waals surface area contributed by atoms with E-state index in [4.69, 9.17) is 0 Å². The zero-order valence-corrected chi connectivity index (χ0v) is 17.5. The predicted octanol–water partition coefficient (Wildman–Crippen LogP) is 3.16. The Bertz CT molecular complexity index is 769. The van der Waals surface area contributed by atoms with Gasteiger partial charge in [0, 0.05) is 10.5 Å². The molecule has 1 saturated carbocycles. The largest absolute Gasteiger partial charge is 0.352 e. The van der Waals surface area contributed by atoms with Crippen molar-refractivity contribution >= 4 is 33.8 Å². The Labute approximate surface area is 168 Å². The normalized spacial score (nSPS) is 31.0. The fourth-order valence-corrected chi connectivity index (χ4v) is 4.42. The van der Waals surface area contributed by atoms with E-state index in [2.05, 4.69) is 40.4 Å². The Kier molecular flexibility index (Phi) is 5.60. The lowest BCUT2D eigenvalue weighted by molar-refractivity contribution is -0.135. The minimum atomic E-state index is -1.17. The number of nitrogens with one attached hydrogen (secondary N) is 2. The van der Waals surface area contributed by atoms with Crippen molar-refractivity contribution in [1.29, 1.82) is 0 Å². The summed E-state index contributed by atoms with van der Waals surface area (Å²) in [6.45, 7) is 5.75. The molecule has 1 heterocycles. The summed E-state index contributed by atoms with van der Waals surface area (Å²) in [6.07, 6.45) is 3.19. The summed E-state index contributed by atoms with van der Waals surface area (Å²) in [5.74, 6) is 0.243. The molecule has 1 aromatic carbocycles. The van der Waals surface area contributed by atoms with Gasteiger partial charge in [0.2, 0.25) is 5.91 Å². The molecule has 1 aliphatic heterocycles. The van der Waals surface area contributed by atoms with Crippen LogP contribution in [-0.4, -0.2) is 35.3 Å². The van der Waals surface area contributed by atoms with Gasteiger partial charge in [0.15, 0.2) is 0 Å². The minimum absolute atomic E-state index is 0.0958. The summed E-state index contributed by atoms with van der Waals surface area (Å²) in [5, 5.41) is 5.76. The van der Waals surface area contributed by atoms with Crippen LogP contribution in [0.1, 0.15) is 45.6 Å². The van der Waals surface area contributed by atoms with E-state index < -0.39 is 17.5 Å². The maximum atomic E-state index is 12.9. The van der Waals surface area contributed by atoms with Crippen LogP contribution in [0.25, 0.3) is 0 Å². The van der Waals surface area contributed by atoms with E-state index in [0.29, 0.717) is 17.4 Å². The van der Waals surface area contributed by atoms with Gasteiger partial charge in [-0.3, -0.25) is 14.5 Å². The lowest BCUT2D eigenvalue weighted by Crippen LogP contribution is -2.48. The van der Waals surface area contributed by atoms with Crippen molar-refractivity contribution in [2.45, 2.75) is 51.6 Å². The van der Waals surface area contributed by atoms with Crippen LogP contribution in [0.15, 0.2) is 28.7 Å². The first-order valence-corrected chi connectivity index (χ1v) is 10.2. The van der Waals surface area contributed by atoms with Crippen molar-refractivity contribution in [3.63, 3.8) is 0 Å². The summed E-state index contributed by atoms with van der Waals surface area (Å²) in [6, 6.07) is 6.81. The SMILES string of the molecule is C[C@H]1[C@H](C)CCC[C@@H]1NC(=O)CN1C(=O)N[C@@](C)(c2cccc(Br)c2)C1=O. The first-order valence-electron chi connectivity index (χ1n) is 9.42. The third-order valence-corrected chi connectivity index (χ3v) is 6.53. The van der Waals surface area contributed by atoms with Gasteiger partial charge in [0.05, 0.1) is 0 Å². The zero-order chi connectivity index (χ0) is 19.8. The highest BCUT2D eigenvalue weighted by molar-refractivity contribution is 9.10. The number of amides is 4. The number of carbonyl (C=O) groups is 3. The summed E-state index contributed by atoms with van der Waals surface area (Å²) in [4.78, 5) is 38.9. The number of carbonyl (C=O) groups excluding carboxylic acids is 3. The molecule has 3 rings (SSSR count). The lowest BCUT2D eigenvalue weighted by Gasteiger charge is -2.34. The standard InChI is InChI=1S/C20H26BrN3O3/c1-12-6-4-9-16(13(12)2)22-17(25)11-24-18(26)20(3,23-19(24)27)14-7-5-8-15(21)10-14/h5,7-8,10,12-13,16H,4,6,9,11H2,1-3H3,(H,22,25)(H,23,27)/t12-,13+,16+,20+/m1/s1. The quantitative estimate of drug-likeness (QED) is 0.712. The second kappa shape index (κ2) is 7.62. The van der Waals surface area contributed by atoms with Gasteiger partial charge in [0.25, 0.3) is 5.91 Å². The molecule has 0 spiro atoms. The van der Waals surface area contributed by atoms with Crippen LogP contribution in [0.3, 0.4) is 0 Å². The van der Waals surface area contributed by atoms with Crippen molar-refractivity contribution < 1.29 is 14.4 Å². The molecule has 2 N–H and O–H groups in total. The Morgan fingerprint density at radius 3 is 2.78 bits per heavy atom.